The van der Waals surface area contributed by atoms with Crippen LogP contribution in [0.2, 0.25) is 18.1 Å². The average molecular weight is 385 g/mol. The van der Waals surface area contributed by atoms with E-state index in [1.54, 1.807) is 0 Å². The van der Waals surface area contributed by atoms with E-state index in [9.17, 15) is 9.90 Å². The summed E-state index contributed by atoms with van der Waals surface area (Å²) < 4.78 is 6.52. The lowest BCUT2D eigenvalue weighted by molar-refractivity contribution is -0.121. The molecule has 0 aliphatic heterocycles. The lowest BCUT2D eigenvalue weighted by atomic mass is 9.72. The first-order valence-corrected chi connectivity index (χ1v) is 13.1. The van der Waals surface area contributed by atoms with Gasteiger partial charge in [0.15, 0.2) is 8.32 Å². The van der Waals surface area contributed by atoms with Gasteiger partial charge in [-0.2, -0.15) is 0 Å². The van der Waals surface area contributed by atoms with Crippen molar-refractivity contribution in [3.05, 3.63) is 0 Å². The van der Waals surface area contributed by atoms with Crippen molar-refractivity contribution < 1.29 is 19.4 Å². The van der Waals surface area contributed by atoms with Crippen LogP contribution >= 0.6 is 0 Å². The van der Waals surface area contributed by atoms with Gasteiger partial charge >= 0.3 is 0 Å². The average Bonchev–Trinajstić information content (AvgIpc) is 2.98. The fourth-order valence-electron chi connectivity index (χ4n) is 4.71. The molecule has 26 heavy (non-hydrogen) atoms. The van der Waals surface area contributed by atoms with E-state index in [0.717, 1.165) is 25.9 Å². The summed E-state index contributed by atoms with van der Waals surface area (Å²) in [5.41, 5.74) is 0.0183. The van der Waals surface area contributed by atoms with Gasteiger partial charge in [0.05, 0.1) is 12.7 Å². The van der Waals surface area contributed by atoms with Crippen LogP contribution in [0.3, 0.4) is 0 Å². The van der Waals surface area contributed by atoms with Crippen LogP contribution in [-0.4, -0.2) is 43.6 Å². The number of aliphatic hydroxyl groups is 2. The Hall–Kier alpha value is -0.233. The van der Waals surface area contributed by atoms with Gasteiger partial charge in [0, 0.05) is 18.9 Å². The Balaban J connectivity index is 2.05. The number of carbonyl (C=O) groups is 1. The highest BCUT2D eigenvalue weighted by molar-refractivity contribution is 6.74. The Labute approximate surface area is 160 Å². The first-order valence-electron chi connectivity index (χ1n) is 10.2. The number of hydrogen-bond acceptors (Lipinski definition) is 4. The Morgan fingerprint density at radius 2 is 1.88 bits per heavy atom. The van der Waals surface area contributed by atoms with E-state index in [1.165, 1.54) is 0 Å². The molecule has 0 saturated heterocycles. The minimum Gasteiger partial charge on any atom is -0.416 e. The standard InChI is InChI=1S/C21H40O4Si/c1-19(2,3)26(6,7)25-14-20(4)10-16-17(11-20)21(5,12-18(16)24)9-8-15(23)13-22/h15-17,22-23H,8-14H2,1-7H3/t15?,16-,17+,20+,21+/m0/s1. The van der Waals surface area contributed by atoms with Crippen LogP contribution in [0.25, 0.3) is 0 Å². The molecule has 0 aromatic heterocycles. The van der Waals surface area contributed by atoms with Gasteiger partial charge in [-0.1, -0.05) is 34.6 Å². The van der Waals surface area contributed by atoms with Gasteiger partial charge in [-0.15, -0.1) is 0 Å². The molecule has 0 heterocycles. The molecule has 5 atom stereocenters. The van der Waals surface area contributed by atoms with Gasteiger partial charge in [0.2, 0.25) is 0 Å². The fourth-order valence-corrected chi connectivity index (χ4v) is 5.85. The van der Waals surface area contributed by atoms with Crippen molar-refractivity contribution in [3.8, 4) is 0 Å². The Morgan fingerprint density at radius 1 is 1.27 bits per heavy atom. The lowest BCUT2D eigenvalue weighted by Crippen LogP contribution is -2.43. The highest BCUT2D eigenvalue weighted by Gasteiger charge is 2.57. The van der Waals surface area contributed by atoms with Gasteiger partial charge in [-0.3, -0.25) is 4.79 Å². The quantitative estimate of drug-likeness (QED) is 0.647. The molecule has 2 N–H and O–H groups in total. The van der Waals surface area contributed by atoms with E-state index >= 15 is 0 Å². The van der Waals surface area contributed by atoms with Crippen LogP contribution in [0.4, 0.5) is 0 Å². The van der Waals surface area contributed by atoms with Crippen molar-refractivity contribution in [1.82, 2.24) is 0 Å². The molecule has 2 rings (SSSR count). The molecule has 5 heteroatoms. The van der Waals surface area contributed by atoms with Crippen LogP contribution in [0.15, 0.2) is 0 Å². The fraction of sp³-hybridized carbons (Fsp3) is 0.952. The molecular formula is C21H40O4Si. The maximum absolute atomic E-state index is 12.7. The summed E-state index contributed by atoms with van der Waals surface area (Å²) in [4.78, 5) is 12.7. The van der Waals surface area contributed by atoms with E-state index < -0.39 is 14.4 Å². The van der Waals surface area contributed by atoms with Crippen LogP contribution in [0.5, 0.6) is 0 Å². The third-order valence-electron chi connectivity index (χ3n) is 7.65. The number of Topliss-reactive ketones (excluding diaryl/α,β-unsaturated/α-hetero) is 1. The van der Waals surface area contributed by atoms with Crippen molar-refractivity contribution in [3.63, 3.8) is 0 Å². The summed E-state index contributed by atoms with van der Waals surface area (Å²) in [5, 5.41) is 19.0. The summed E-state index contributed by atoms with van der Waals surface area (Å²) in [6, 6.07) is 0. The van der Waals surface area contributed by atoms with Gasteiger partial charge < -0.3 is 14.6 Å². The highest BCUT2D eigenvalue weighted by Crippen LogP contribution is 2.60. The van der Waals surface area contributed by atoms with Gasteiger partial charge in [0.1, 0.15) is 5.78 Å². The SMILES string of the molecule is CC(C)(C)[Si](C)(C)OC[C@]1(C)C[C@@H]2C(=O)C[C@@](C)(CCC(O)CO)[C@@H]2C1. The second-order valence-electron chi connectivity index (χ2n) is 11.2. The van der Waals surface area contributed by atoms with Crippen LogP contribution in [0.1, 0.15) is 66.7 Å². The molecule has 0 amide bonds. The van der Waals surface area contributed by atoms with E-state index in [4.69, 9.17) is 9.53 Å². The number of hydrogen-bond donors (Lipinski definition) is 2. The van der Waals surface area contributed by atoms with E-state index in [-0.39, 0.29) is 28.4 Å². The van der Waals surface area contributed by atoms with Gasteiger partial charge in [0.25, 0.3) is 0 Å². The molecule has 1 unspecified atom stereocenters. The highest BCUT2D eigenvalue weighted by atomic mass is 28.4. The summed E-state index contributed by atoms with van der Waals surface area (Å²) in [6.45, 7) is 16.4. The summed E-state index contributed by atoms with van der Waals surface area (Å²) in [7, 11) is -1.79. The lowest BCUT2D eigenvalue weighted by Gasteiger charge is -2.40. The third kappa shape index (κ3) is 4.42. The maximum Gasteiger partial charge on any atom is 0.192 e. The zero-order valence-electron chi connectivity index (χ0n) is 17.9. The first-order chi connectivity index (χ1) is 11.7. The molecule has 2 saturated carbocycles. The second kappa shape index (κ2) is 7.30. The Bertz CT molecular complexity index is 527. The zero-order chi connectivity index (χ0) is 20.0. The monoisotopic (exact) mass is 384 g/mol. The minimum atomic E-state index is -1.79. The normalized spacial score (nSPS) is 36.4. The number of rotatable bonds is 7. The molecule has 0 aromatic rings. The van der Waals surface area contributed by atoms with Crippen LogP contribution in [-0.2, 0) is 9.22 Å². The summed E-state index contributed by atoms with van der Waals surface area (Å²) in [5.74, 6) is 0.931. The molecule has 0 bridgehead atoms. The van der Waals surface area contributed by atoms with Gasteiger partial charge in [-0.05, 0) is 60.6 Å². The number of fused-ring (bicyclic) bond motifs is 1. The first kappa shape index (κ1) is 22.1. The van der Waals surface area contributed by atoms with E-state index in [2.05, 4.69) is 47.7 Å². The molecule has 4 nitrogen and oxygen atoms in total. The zero-order valence-corrected chi connectivity index (χ0v) is 18.9. The molecule has 2 aliphatic carbocycles. The summed E-state index contributed by atoms with van der Waals surface area (Å²) in [6.07, 6.45) is 3.30. The molecule has 0 radical (unpaired) electrons. The predicted molar refractivity (Wildman–Crippen MR) is 108 cm³/mol. The number of carbonyl (C=O) groups excluding carboxylic acids is 1. The smallest absolute Gasteiger partial charge is 0.192 e. The van der Waals surface area contributed by atoms with Crippen molar-refractivity contribution in [2.75, 3.05) is 13.2 Å². The van der Waals surface area contributed by atoms with Gasteiger partial charge in [-0.25, -0.2) is 0 Å². The van der Waals surface area contributed by atoms with Crippen LogP contribution < -0.4 is 0 Å². The van der Waals surface area contributed by atoms with Crippen molar-refractivity contribution in [2.45, 2.75) is 91.0 Å². The number of aliphatic hydroxyl groups excluding tert-OH is 2. The molecular weight excluding hydrogens is 344 g/mol. The molecule has 0 spiro atoms. The van der Waals surface area contributed by atoms with Crippen LogP contribution in [0, 0.1) is 22.7 Å². The minimum absolute atomic E-state index is 0.0490. The molecule has 2 aliphatic rings. The molecule has 152 valence electrons. The number of ketones is 1. The van der Waals surface area contributed by atoms with E-state index in [1.807, 2.05) is 0 Å². The topological polar surface area (TPSA) is 66.8 Å². The van der Waals surface area contributed by atoms with Crippen molar-refractivity contribution in [2.24, 2.45) is 22.7 Å². The molecule has 2 fully saturated rings. The largest absolute Gasteiger partial charge is 0.416 e. The maximum atomic E-state index is 12.7. The third-order valence-corrected chi connectivity index (χ3v) is 12.1. The van der Waals surface area contributed by atoms with Crippen molar-refractivity contribution in [1.29, 1.82) is 0 Å². The Kier molecular flexibility index (Phi) is 6.20. The summed E-state index contributed by atoms with van der Waals surface area (Å²) >= 11 is 0. The van der Waals surface area contributed by atoms with E-state index in [0.29, 0.717) is 24.5 Å². The molecule has 0 aromatic carbocycles. The predicted octanol–water partition coefficient (Wildman–Crippen LogP) is 4.15. The van der Waals surface area contributed by atoms with Crippen molar-refractivity contribution >= 4 is 14.1 Å². The Morgan fingerprint density at radius 3 is 2.42 bits per heavy atom. The second-order valence-corrected chi connectivity index (χ2v) is 16.0.